The largest absolute Gasteiger partial charge is 0.340 e. The van der Waals surface area contributed by atoms with E-state index in [4.69, 9.17) is 0 Å². The molecule has 5 rings (SSSR count). The van der Waals surface area contributed by atoms with E-state index in [9.17, 15) is 19.2 Å². The highest BCUT2D eigenvalue weighted by molar-refractivity contribution is 9.10. The van der Waals surface area contributed by atoms with Crippen molar-refractivity contribution < 1.29 is 19.2 Å². The highest BCUT2D eigenvalue weighted by atomic mass is 79.9. The van der Waals surface area contributed by atoms with Crippen LogP contribution in [0.4, 0.5) is 0 Å². The van der Waals surface area contributed by atoms with Crippen molar-refractivity contribution in [3.05, 3.63) is 106 Å². The van der Waals surface area contributed by atoms with Crippen LogP contribution in [0.15, 0.2) is 83.3 Å². The minimum absolute atomic E-state index is 0.0280. The van der Waals surface area contributed by atoms with Gasteiger partial charge in [0.05, 0.1) is 12.6 Å². The lowest BCUT2D eigenvalue weighted by atomic mass is 10.0. The van der Waals surface area contributed by atoms with Crippen LogP contribution in [0.25, 0.3) is 0 Å². The Morgan fingerprint density at radius 3 is 2.42 bits per heavy atom. The molecular weight excluding hydrogens is 546 g/mol. The first kappa shape index (κ1) is 25.9. The molecule has 0 aromatic heterocycles. The Balaban J connectivity index is 1.39. The summed E-state index contributed by atoms with van der Waals surface area (Å²) in [6.45, 7) is 2.29. The molecule has 3 aromatic carbocycles. The molecule has 0 saturated carbocycles. The van der Waals surface area contributed by atoms with Gasteiger partial charge in [-0.15, -0.1) is 0 Å². The van der Waals surface area contributed by atoms with E-state index < -0.39 is 12.1 Å². The summed E-state index contributed by atoms with van der Waals surface area (Å²) in [5, 5.41) is 2.92. The lowest BCUT2D eigenvalue weighted by Gasteiger charge is -2.28. The molecule has 38 heavy (non-hydrogen) atoms. The molecule has 194 valence electrons. The summed E-state index contributed by atoms with van der Waals surface area (Å²) in [4.78, 5) is 56.6. The van der Waals surface area contributed by atoms with Gasteiger partial charge in [-0.25, -0.2) is 0 Å². The van der Waals surface area contributed by atoms with Gasteiger partial charge in [-0.1, -0.05) is 70.0 Å². The second kappa shape index (κ2) is 10.9. The van der Waals surface area contributed by atoms with Crippen LogP contribution < -0.4 is 5.32 Å². The Morgan fingerprint density at radius 2 is 1.68 bits per heavy atom. The maximum absolute atomic E-state index is 13.9. The zero-order chi connectivity index (χ0) is 26.8. The van der Waals surface area contributed by atoms with E-state index in [1.54, 1.807) is 52.3 Å². The molecular formula is C30H28BrN3O4. The van der Waals surface area contributed by atoms with Crippen LogP contribution in [0.2, 0.25) is 0 Å². The third kappa shape index (κ3) is 5.27. The Hall–Kier alpha value is -3.78. The predicted molar refractivity (Wildman–Crippen MR) is 147 cm³/mol. The SMILES string of the molecule is Cc1cccc(C[C@H](NC(=O)c2cccc(Br)c2)C(=O)N2CCC3[C@H]2C(=O)CN3C(=O)c2ccccc2)c1. The van der Waals surface area contributed by atoms with Gasteiger partial charge in [0.1, 0.15) is 12.1 Å². The van der Waals surface area contributed by atoms with Gasteiger partial charge in [0.2, 0.25) is 5.91 Å². The van der Waals surface area contributed by atoms with Crippen LogP contribution in [0, 0.1) is 6.92 Å². The van der Waals surface area contributed by atoms with E-state index in [-0.39, 0.29) is 42.5 Å². The molecule has 0 spiro atoms. The number of carbonyl (C=O) groups excluding carboxylic acids is 4. The highest BCUT2D eigenvalue weighted by Gasteiger charge is 2.52. The Morgan fingerprint density at radius 1 is 0.947 bits per heavy atom. The highest BCUT2D eigenvalue weighted by Crippen LogP contribution is 2.31. The number of amides is 3. The minimum atomic E-state index is -0.867. The minimum Gasteiger partial charge on any atom is -0.340 e. The summed E-state index contributed by atoms with van der Waals surface area (Å²) in [5.41, 5.74) is 2.91. The molecule has 2 saturated heterocycles. The molecule has 3 atom stereocenters. The third-order valence-corrected chi connectivity index (χ3v) is 7.69. The Bertz CT molecular complexity index is 1390. The number of Topliss-reactive ketones (excluding diaryl/α,β-unsaturated/α-hetero) is 1. The first-order valence-corrected chi connectivity index (χ1v) is 13.4. The first-order valence-electron chi connectivity index (χ1n) is 12.6. The first-order chi connectivity index (χ1) is 18.3. The van der Waals surface area contributed by atoms with Gasteiger partial charge in [0.15, 0.2) is 5.78 Å². The summed E-state index contributed by atoms with van der Waals surface area (Å²) in [6, 6.07) is 21.7. The average molecular weight is 574 g/mol. The lowest BCUT2D eigenvalue weighted by molar-refractivity contribution is -0.138. The maximum atomic E-state index is 13.9. The smallest absolute Gasteiger partial charge is 0.254 e. The number of nitrogens with zero attached hydrogens (tertiary/aromatic N) is 2. The number of hydrogen-bond acceptors (Lipinski definition) is 4. The topological polar surface area (TPSA) is 86.8 Å². The summed E-state index contributed by atoms with van der Waals surface area (Å²) >= 11 is 3.39. The van der Waals surface area contributed by atoms with Gasteiger partial charge in [-0.2, -0.15) is 0 Å². The predicted octanol–water partition coefficient (Wildman–Crippen LogP) is 3.79. The van der Waals surface area contributed by atoms with Crippen molar-refractivity contribution in [3.63, 3.8) is 0 Å². The van der Waals surface area contributed by atoms with Crippen LogP contribution in [-0.2, 0) is 16.0 Å². The second-order valence-corrected chi connectivity index (χ2v) is 10.7. The van der Waals surface area contributed by atoms with Crippen molar-refractivity contribution in [3.8, 4) is 0 Å². The van der Waals surface area contributed by atoms with Crippen LogP contribution >= 0.6 is 15.9 Å². The number of carbonyl (C=O) groups is 4. The molecule has 3 amide bonds. The molecule has 8 heteroatoms. The van der Waals surface area contributed by atoms with E-state index in [0.717, 1.165) is 15.6 Å². The third-order valence-electron chi connectivity index (χ3n) is 7.20. The van der Waals surface area contributed by atoms with E-state index >= 15 is 0 Å². The average Bonchev–Trinajstić information content (AvgIpc) is 3.49. The number of benzene rings is 3. The lowest BCUT2D eigenvalue weighted by Crippen LogP contribution is -2.53. The van der Waals surface area contributed by atoms with Gasteiger partial charge in [0, 0.05) is 28.6 Å². The molecule has 0 bridgehead atoms. The standard InChI is InChI=1S/C30H28BrN3O4/c1-19-7-5-8-20(15-19)16-24(32-28(36)22-11-6-12-23(31)17-22)30(38)33-14-13-25-27(33)26(35)18-34(25)29(37)21-9-3-2-4-10-21/h2-12,15,17,24-25,27H,13-14,16,18H2,1H3,(H,32,36)/t24-,25?,27-/m0/s1. The molecule has 7 nitrogen and oxygen atoms in total. The normalized spacial score (nSPS) is 19.3. The van der Waals surface area contributed by atoms with Crippen molar-refractivity contribution in [2.24, 2.45) is 0 Å². The van der Waals surface area contributed by atoms with Gasteiger partial charge in [-0.05, 0) is 49.2 Å². The van der Waals surface area contributed by atoms with E-state index in [1.807, 2.05) is 43.3 Å². The van der Waals surface area contributed by atoms with E-state index in [0.29, 0.717) is 24.1 Å². The fourth-order valence-electron chi connectivity index (χ4n) is 5.43. The molecule has 0 radical (unpaired) electrons. The molecule has 0 aliphatic carbocycles. The Labute approximate surface area is 229 Å². The number of hydrogen-bond donors (Lipinski definition) is 1. The number of halogens is 1. The van der Waals surface area contributed by atoms with Gasteiger partial charge >= 0.3 is 0 Å². The number of aryl methyl sites for hydroxylation is 1. The number of ketones is 1. The van der Waals surface area contributed by atoms with Crippen molar-refractivity contribution in [1.29, 1.82) is 0 Å². The van der Waals surface area contributed by atoms with E-state index in [1.165, 1.54) is 0 Å². The molecule has 2 aliphatic heterocycles. The second-order valence-electron chi connectivity index (χ2n) is 9.83. The molecule has 2 fully saturated rings. The van der Waals surface area contributed by atoms with Gasteiger partial charge in [0.25, 0.3) is 11.8 Å². The summed E-state index contributed by atoms with van der Waals surface area (Å²) in [6.07, 6.45) is 0.798. The zero-order valence-corrected chi connectivity index (χ0v) is 22.6. The van der Waals surface area contributed by atoms with E-state index in [2.05, 4.69) is 21.2 Å². The molecule has 3 aromatic rings. The quantitative estimate of drug-likeness (QED) is 0.486. The fraction of sp³-hybridized carbons (Fsp3) is 0.267. The van der Waals surface area contributed by atoms with Crippen LogP contribution in [0.5, 0.6) is 0 Å². The summed E-state index contributed by atoms with van der Waals surface area (Å²) in [5.74, 6) is -1.05. The van der Waals surface area contributed by atoms with Crippen molar-refractivity contribution in [2.75, 3.05) is 13.1 Å². The fourth-order valence-corrected chi connectivity index (χ4v) is 5.83. The number of nitrogens with one attached hydrogen (secondary N) is 1. The van der Waals surface area contributed by atoms with Crippen LogP contribution in [0.1, 0.15) is 38.3 Å². The molecule has 2 aliphatic rings. The Kier molecular flexibility index (Phi) is 7.42. The number of rotatable bonds is 6. The maximum Gasteiger partial charge on any atom is 0.254 e. The number of likely N-dealkylation sites (tertiary alicyclic amines) is 2. The monoisotopic (exact) mass is 573 g/mol. The van der Waals surface area contributed by atoms with Crippen molar-refractivity contribution in [2.45, 2.75) is 37.9 Å². The van der Waals surface area contributed by atoms with Gasteiger partial charge < -0.3 is 15.1 Å². The molecule has 2 heterocycles. The zero-order valence-electron chi connectivity index (χ0n) is 21.0. The number of fused-ring (bicyclic) bond motifs is 1. The molecule has 1 N–H and O–H groups in total. The van der Waals surface area contributed by atoms with Gasteiger partial charge in [-0.3, -0.25) is 19.2 Å². The summed E-state index contributed by atoms with van der Waals surface area (Å²) in [7, 11) is 0. The summed E-state index contributed by atoms with van der Waals surface area (Å²) < 4.78 is 0.758. The van der Waals surface area contributed by atoms with Crippen LogP contribution in [0.3, 0.4) is 0 Å². The molecule has 1 unspecified atom stereocenters. The van der Waals surface area contributed by atoms with Crippen molar-refractivity contribution >= 4 is 39.4 Å². The van der Waals surface area contributed by atoms with Crippen molar-refractivity contribution in [1.82, 2.24) is 15.1 Å². The van der Waals surface area contributed by atoms with Crippen LogP contribution in [-0.4, -0.2) is 64.5 Å².